The molecule has 0 bridgehead atoms. The summed E-state index contributed by atoms with van der Waals surface area (Å²) < 4.78 is 1.89. The molecule has 0 saturated heterocycles. The number of nitrogens with one attached hydrogen (secondary N) is 2. The summed E-state index contributed by atoms with van der Waals surface area (Å²) >= 11 is 7.61. The Morgan fingerprint density at radius 1 is 1.33 bits per heavy atom. The van der Waals surface area contributed by atoms with Crippen molar-refractivity contribution in [3.05, 3.63) is 46.7 Å². The summed E-state index contributed by atoms with van der Waals surface area (Å²) in [6.45, 7) is 0. The van der Waals surface area contributed by atoms with Crippen LogP contribution in [0.2, 0.25) is 5.15 Å². The number of aromatic nitrogens is 4. The molecule has 0 unspecified atom stereocenters. The summed E-state index contributed by atoms with van der Waals surface area (Å²) in [5.74, 6) is 0.578. The third-order valence-electron chi connectivity index (χ3n) is 3.00. The fourth-order valence-corrected chi connectivity index (χ4v) is 3.04. The molecule has 3 aromatic heterocycles. The van der Waals surface area contributed by atoms with Crippen molar-refractivity contribution in [2.45, 2.75) is 0 Å². The van der Waals surface area contributed by atoms with E-state index in [2.05, 4.69) is 25.5 Å². The second-order valence-corrected chi connectivity index (χ2v) is 5.55. The molecular formula is C13H9ClN6S. The van der Waals surface area contributed by atoms with Crippen LogP contribution in [0, 0.1) is 0 Å². The van der Waals surface area contributed by atoms with Crippen LogP contribution >= 0.6 is 22.9 Å². The van der Waals surface area contributed by atoms with E-state index in [1.54, 1.807) is 6.21 Å². The average Bonchev–Trinajstić information content (AvgIpc) is 3.14. The lowest BCUT2D eigenvalue weighted by Crippen LogP contribution is -1.94. The number of hydrogen-bond acceptors (Lipinski definition) is 5. The van der Waals surface area contributed by atoms with E-state index in [0.29, 0.717) is 11.1 Å². The first kappa shape index (κ1) is 12.4. The summed E-state index contributed by atoms with van der Waals surface area (Å²) in [6, 6.07) is 7.78. The third-order valence-corrected chi connectivity index (χ3v) is 4.04. The van der Waals surface area contributed by atoms with Crippen molar-refractivity contribution in [2.75, 3.05) is 5.43 Å². The Balaban J connectivity index is 1.61. The molecule has 4 rings (SSSR count). The first-order valence-corrected chi connectivity index (χ1v) is 7.42. The Kier molecular flexibility index (Phi) is 2.87. The van der Waals surface area contributed by atoms with E-state index in [4.69, 9.17) is 11.6 Å². The third kappa shape index (κ3) is 2.16. The Morgan fingerprint density at radius 2 is 2.24 bits per heavy atom. The van der Waals surface area contributed by atoms with E-state index in [1.807, 2.05) is 40.2 Å². The average molecular weight is 317 g/mol. The summed E-state index contributed by atoms with van der Waals surface area (Å²) in [5, 5.41) is 6.54. The van der Waals surface area contributed by atoms with E-state index >= 15 is 0 Å². The van der Waals surface area contributed by atoms with E-state index < -0.39 is 0 Å². The largest absolute Gasteiger partial charge is 0.323 e. The van der Waals surface area contributed by atoms with E-state index in [0.717, 1.165) is 21.7 Å². The topological polar surface area (TPSA) is 70.4 Å². The van der Waals surface area contributed by atoms with Crippen molar-refractivity contribution in [2.24, 2.45) is 5.10 Å². The van der Waals surface area contributed by atoms with Crippen molar-refractivity contribution in [1.82, 2.24) is 19.4 Å². The number of rotatable bonds is 3. The number of anilines is 1. The van der Waals surface area contributed by atoms with Crippen molar-refractivity contribution in [3.63, 3.8) is 0 Å². The van der Waals surface area contributed by atoms with Crippen LogP contribution in [-0.4, -0.2) is 25.6 Å². The van der Waals surface area contributed by atoms with Crippen molar-refractivity contribution in [3.8, 4) is 0 Å². The number of halogens is 1. The number of thiazole rings is 1. The summed E-state index contributed by atoms with van der Waals surface area (Å²) in [4.78, 5) is 12.6. The first-order chi connectivity index (χ1) is 10.3. The zero-order valence-corrected chi connectivity index (χ0v) is 12.2. The number of hydrogen-bond donors (Lipinski definition) is 2. The van der Waals surface area contributed by atoms with Crippen LogP contribution in [0.5, 0.6) is 0 Å². The van der Waals surface area contributed by atoms with Gasteiger partial charge in [0.15, 0.2) is 10.1 Å². The van der Waals surface area contributed by atoms with Gasteiger partial charge in [-0.05, 0) is 12.1 Å². The van der Waals surface area contributed by atoms with Crippen LogP contribution in [0.15, 0.2) is 40.9 Å². The van der Waals surface area contributed by atoms with E-state index in [9.17, 15) is 0 Å². The highest BCUT2D eigenvalue weighted by atomic mass is 35.5. The Morgan fingerprint density at radius 3 is 3.14 bits per heavy atom. The molecule has 0 radical (unpaired) electrons. The van der Waals surface area contributed by atoms with Crippen molar-refractivity contribution in [1.29, 1.82) is 0 Å². The number of para-hydroxylation sites is 2. The standard InChI is InChI=1S/C13H9ClN6S/c14-11-10(20-5-6-21-13(20)18-11)7-15-19-12-16-8-3-1-2-4-9(8)17-12/h1-7H,(H2,16,17,19)/b15-7+. The van der Waals surface area contributed by atoms with E-state index in [1.165, 1.54) is 11.3 Å². The lowest BCUT2D eigenvalue weighted by molar-refractivity contribution is 1.19. The zero-order valence-electron chi connectivity index (χ0n) is 10.6. The van der Waals surface area contributed by atoms with Gasteiger partial charge in [0.25, 0.3) is 0 Å². The van der Waals surface area contributed by atoms with Gasteiger partial charge in [0.2, 0.25) is 5.95 Å². The van der Waals surface area contributed by atoms with E-state index in [-0.39, 0.29) is 0 Å². The summed E-state index contributed by atoms with van der Waals surface area (Å²) in [6.07, 6.45) is 3.53. The molecule has 0 fully saturated rings. The molecule has 0 aliphatic carbocycles. The minimum Gasteiger partial charge on any atom is -0.323 e. The predicted octanol–water partition coefficient (Wildman–Crippen LogP) is 3.37. The summed E-state index contributed by atoms with van der Waals surface area (Å²) in [7, 11) is 0. The molecule has 3 heterocycles. The van der Waals surface area contributed by atoms with Gasteiger partial charge in [-0.2, -0.15) is 5.10 Å². The molecule has 6 nitrogen and oxygen atoms in total. The van der Waals surface area contributed by atoms with Gasteiger partial charge in [0.1, 0.15) is 5.69 Å². The van der Waals surface area contributed by atoms with Crippen LogP contribution in [0.3, 0.4) is 0 Å². The van der Waals surface area contributed by atoms with Crippen molar-refractivity contribution < 1.29 is 0 Å². The molecule has 0 saturated carbocycles. The van der Waals surface area contributed by atoms with Crippen LogP contribution < -0.4 is 5.43 Å². The van der Waals surface area contributed by atoms with Gasteiger partial charge in [-0.3, -0.25) is 4.40 Å². The molecule has 0 spiro atoms. The van der Waals surface area contributed by atoms with Crippen LogP contribution in [0.1, 0.15) is 5.69 Å². The molecule has 2 N–H and O–H groups in total. The molecule has 0 aliphatic heterocycles. The molecule has 0 atom stereocenters. The van der Waals surface area contributed by atoms with Crippen LogP contribution in [-0.2, 0) is 0 Å². The number of benzene rings is 1. The number of imidazole rings is 2. The molecule has 0 amide bonds. The molecular weight excluding hydrogens is 308 g/mol. The monoisotopic (exact) mass is 316 g/mol. The van der Waals surface area contributed by atoms with Crippen LogP contribution in [0.25, 0.3) is 16.0 Å². The maximum atomic E-state index is 6.09. The van der Waals surface area contributed by atoms with Gasteiger partial charge >= 0.3 is 0 Å². The first-order valence-electron chi connectivity index (χ1n) is 6.16. The maximum Gasteiger partial charge on any atom is 0.222 e. The second-order valence-electron chi connectivity index (χ2n) is 4.32. The van der Waals surface area contributed by atoms with Gasteiger partial charge in [-0.1, -0.05) is 23.7 Å². The number of hydrazone groups is 1. The highest BCUT2D eigenvalue weighted by molar-refractivity contribution is 7.15. The van der Waals surface area contributed by atoms with Gasteiger partial charge in [0.05, 0.1) is 17.2 Å². The number of nitrogens with zero attached hydrogens (tertiary/aromatic N) is 4. The minimum atomic E-state index is 0.428. The highest BCUT2D eigenvalue weighted by Gasteiger charge is 2.08. The Hall–Kier alpha value is -2.38. The molecule has 4 aromatic rings. The van der Waals surface area contributed by atoms with Gasteiger partial charge in [-0.15, -0.1) is 11.3 Å². The highest BCUT2D eigenvalue weighted by Crippen LogP contribution is 2.19. The van der Waals surface area contributed by atoms with Gasteiger partial charge in [-0.25, -0.2) is 15.4 Å². The maximum absolute atomic E-state index is 6.09. The molecule has 0 aliphatic rings. The quantitative estimate of drug-likeness (QED) is 0.449. The Bertz CT molecular complexity index is 917. The SMILES string of the molecule is Clc1nc2sccn2c1/C=N/Nc1nc2ccccc2[nH]1. The van der Waals surface area contributed by atoms with Crippen molar-refractivity contribution >= 4 is 51.1 Å². The van der Waals surface area contributed by atoms with Gasteiger partial charge in [0, 0.05) is 11.6 Å². The normalized spacial score (nSPS) is 11.9. The van der Waals surface area contributed by atoms with Gasteiger partial charge < -0.3 is 4.98 Å². The fraction of sp³-hybridized carbons (Fsp3) is 0. The molecule has 104 valence electrons. The lowest BCUT2D eigenvalue weighted by Gasteiger charge is -1.94. The molecule has 8 heteroatoms. The number of fused-ring (bicyclic) bond motifs is 2. The summed E-state index contributed by atoms with van der Waals surface area (Å²) in [5.41, 5.74) is 5.44. The predicted molar refractivity (Wildman–Crippen MR) is 85.4 cm³/mol. The molecule has 21 heavy (non-hydrogen) atoms. The Labute approximate surface area is 128 Å². The molecule has 1 aromatic carbocycles. The minimum absolute atomic E-state index is 0.428. The number of H-pyrrole nitrogens is 1. The lowest BCUT2D eigenvalue weighted by atomic mass is 10.3. The van der Waals surface area contributed by atoms with Crippen LogP contribution in [0.4, 0.5) is 5.95 Å². The second kappa shape index (κ2) is 4.87. The zero-order chi connectivity index (χ0) is 14.2. The fourth-order valence-electron chi connectivity index (χ4n) is 2.05. The smallest absolute Gasteiger partial charge is 0.222 e. The number of aromatic amines is 1.